The summed E-state index contributed by atoms with van der Waals surface area (Å²) in [4.78, 5) is 21.0. The van der Waals surface area contributed by atoms with E-state index in [1.54, 1.807) is 12.5 Å². The van der Waals surface area contributed by atoms with Crippen LogP contribution in [0.4, 0.5) is 0 Å². The maximum Gasteiger partial charge on any atom is 0.137 e. The standard InChI is InChI=1S/C21H36N4O2/c1-3-4-9-25(2)21-20-8-6-5-7-16(20)10-19(27-21)13-23-18(14-26)11-17-12-22-15-24-17/h12,14-16,18-21,23H,3-11,13H2,1-2H3,(H,22,24)/t16-,18+,19?,20+,21-/m1/s1. The van der Waals surface area contributed by atoms with Gasteiger partial charge in [-0.2, -0.15) is 0 Å². The number of rotatable bonds is 10. The largest absolute Gasteiger partial charge is 0.358 e. The Labute approximate surface area is 163 Å². The van der Waals surface area contributed by atoms with Crippen LogP contribution in [0.2, 0.25) is 0 Å². The maximum absolute atomic E-state index is 11.5. The van der Waals surface area contributed by atoms with Crippen molar-refractivity contribution in [3.8, 4) is 0 Å². The van der Waals surface area contributed by atoms with E-state index in [4.69, 9.17) is 4.74 Å². The Morgan fingerprint density at radius 2 is 2.30 bits per heavy atom. The molecule has 6 nitrogen and oxygen atoms in total. The lowest BCUT2D eigenvalue weighted by Gasteiger charge is -2.48. The molecule has 1 aromatic heterocycles. The highest BCUT2D eigenvalue weighted by atomic mass is 16.5. The molecule has 1 aliphatic carbocycles. The molecule has 2 N–H and O–H groups in total. The van der Waals surface area contributed by atoms with Crippen LogP contribution in [0.3, 0.4) is 0 Å². The summed E-state index contributed by atoms with van der Waals surface area (Å²) in [6.45, 7) is 4.07. The molecule has 2 aliphatic rings. The quantitative estimate of drug-likeness (QED) is 0.615. The van der Waals surface area contributed by atoms with E-state index >= 15 is 0 Å². The Balaban J connectivity index is 1.56. The van der Waals surface area contributed by atoms with Crippen LogP contribution in [0.1, 0.15) is 57.6 Å². The Kier molecular flexibility index (Phi) is 7.85. The van der Waals surface area contributed by atoms with Crippen molar-refractivity contribution in [2.24, 2.45) is 11.8 Å². The zero-order chi connectivity index (χ0) is 19.1. The summed E-state index contributed by atoms with van der Waals surface area (Å²) < 4.78 is 6.57. The van der Waals surface area contributed by atoms with E-state index in [1.807, 2.05) is 0 Å². The minimum absolute atomic E-state index is 0.183. The number of imidazole rings is 1. The van der Waals surface area contributed by atoms with Crippen LogP contribution in [0, 0.1) is 11.8 Å². The van der Waals surface area contributed by atoms with Crippen LogP contribution in [0.5, 0.6) is 0 Å². The maximum atomic E-state index is 11.5. The van der Waals surface area contributed by atoms with Crippen LogP contribution < -0.4 is 5.32 Å². The van der Waals surface area contributed by atoms with Gasteiger partial charge < -0.3 is 19.8 Å². The minimum atomic E-state index is -0.200. The summed E-state index contributed by atoms with van der Waals surface area (Å²) >= 11 is 0. The lowest BCUT2D eigenvalue weighted by atomic mass is 9.73. The normalized spacial score (nSPS) is 29.4. The van der Waals surface area contributed by atoms with Crippen molar-refractivity contribution in [3.63, 3.8) is 0 Å². The van der Waals surface area contributed by atoms with Gasteiger partial charge in [0.05, 0.1) is 18.5 Å². The third-order valence-electron chi connectivity index (χ3n) is 6.30. The summed E-state index contributed by atoms with van der Waals surface area (Å²) in [6.07, 6.45) is 14.3. The second-order valence-electron chi connectivity index (χ2n) is 8.36. The third kappa shape index (κ3) is 5.62. The summed E-state index contributed by atoms with van der Waals surface area (Å²) in [6, 6.07) is -0.200. The second kappa shape index (κ2) is 10.3. The number of hydrogen-bond donors (Lipinski definition) is 2. The van der Waals surface area contributed by atoms with Crippen LogP contribution in [-0.2, 0) is 16.0 Å². The Morgan fingerprint density at radius 3 is 3.04 bits per heavy atom. The Bertz CT molecular complexity index is 550. The monoisotopic (exact) mass is 376 g/mol. The van der Waals surface area contributed by atoms with Gasteiger partial charge in [0.25, 0.3) is 0 Å². The van der Waals surface area contributed by atoms with Crippen LogP contribution >= 0.6 is 0 Å². The van der Waals surface area contributed by atoms with Gasteiger partial charge in [0.1, 0.15) is 12.5 Å². The number of unbranched alkanes of at least 4 members (excludes halogenated alkanes) is 1. The molecule has 152 valence electrons. The first kappa shape index (κ1) is 20.5. The van der Waals surface area contributed by atoms with Crippen molar-refractivity contribution in [3.05, 3.63) is 18.2 Å². The van der Waals surface area contributed by atoms with Gasteiger partial charge in [-0.3, -0.25) is 4.90 Å². The number of nitrogens with one attached hydrogen (secondary N) is 2. The van der Waals surface area contributed by atoms with E-state index in [1.165, 1.54) is 38.5 Å². The number of fused-ring (bicyclic) bond motifs is 1. The van der Waals surface area contributed by atoms with Gasteiger partial charge in [0.2, 0.25) is 0 Å². The number of carbonyl (C=O) groups is 1. The lowest BCUT2D eigenvalue weighted by Crippen LogP contribution is -2.53. The van der Waals surface area contributed by atoms with Crippen molar-refractivity contribution in [1.29, 1.82) is 0 Å². The first-order chi connectivity index (χ1) is 13.2. The highest BCUT2D eigenvalue weighted by Crippen LogP contribution is 2.41. The van der Waals surface area contributed by atoms with Gasteiger partial charge in [0, 0.05) is 37.3 Å². The smallest absolute Gasteiger partial charge is 0.137 e. The highest BCUT2D eigenvalue weighted by molar-refractivity contribution is 5.58. The van der Waals surface area contributed by atoms with Gasteiger partial charge in [-0.25, -0.2) is 4.98 Å². The van der Waals surface area contributed by atoms with E-state index in [0.29, 0.717) is 12.3 Å². The molecule has 1 saturated heterocycles. The van der Waals surface area contributed by atoms with Crippen molar-refractivity contribution >= 4 is 6.29 Å². The van der Waals surface area contributed by atoms with Gasteiger partial charge in [-0.1, -0.05) is 26.2 Å². The number of H-pyrrole nitrogens is 1. The van der Waals surface area contributed by atoms with Crippen molar-refractivity contribution < 1.29 is 9.53 Å². The van der Waals surface area contributed by atoms with Crippen molar-refractivity contribution in [2.75, 3.05) is 20.1 Å². The van der Waals surface area contributed by atoms with E-state index in [9.17, 15) is 4.79 Å². The van der Waals surface area contributed by atoms with Gasteiger partial charge in [-0.05, 0) is 38.6 Å². The molecule has 1 unspecified atom stereocenters. The third-order valence-corrected chi connectivity index (χ3v) is 6.30. The van der Waals surface area contributed by atoms with E-state index < -0.39 is 0 Å². The average molecular weight is 377 g/mol. The molecule has 6 heteroatoms. The molecule has 1 aliphatic heterocycles. The lowest BCUT2D eigenvalue weighted by molar-refractivity contribution is -0.179. The summed E-state index contributed by atoms with van der Waals surface area (Å²) in [7, 11) is 2.22. The van der Waals surface area contributed by atoms with Crippen molar-refractivity contribution in [1.82, 2.24) is 20.2 Å². The molecule has 1 aromatic rings. The Hall–Kier alpha value is -1.24. The molecule has 0 amide bonds. The molecule has 0 radical (unpaired) electrons. The predicted octanol–water partition coefficient (Wildman–Crippen LogP) is 2.76. The molecule has 2 fully saturated rings. The minimum Gasteiger partial charge on any atom is -0.358 e. The number of ether oxygens (including phenoxy) is 1. The zero-order valence-electron chi connectivity index (χ0n) is 16.9. The van der Waals surface area contributed by atoms with E-state index in [0.717, 1.165) is 37.4 Å². The number of carbonyl (C=O) groups excluding carboxylic acids is 1. The van der Waals surface area contributed by atoms with Crippen LogP contribution in [0.25, 0.3) is 0 Å². The summed E-state index contributed by atoms with van der Waals surface area (Å²) in [5.41, 5.74) is 0.980. The molecule has 0 spiro atoms. The summed E-state index contributed by atoms with van der Waals surface area (Å²) in [5, 5.41) is 3.42. The first-order valence-electron chi connectivity index (χ1n) is 10.7. The topological polar surface area (TPSA) is 70.2 Å². The zero-order valence-corrected chi connectivity index (χ0v) is 16.9. The molecule has 27 heavy (non-hydrogen) atoms. The number of aromatic nitrogens is 2. The highest BCUT2D eigenvalue weighted by Gasteiger charge is 2.41. The second-order valence-corrected chi connectivity index (χ2v) is 8.36. The van der Waals surface area contributed by atoms with E-state index in [-0.39, 0.29) is 18.4 Å². The molecular formula is C21H36N4O2. The van der Waals surface area contributed by atoms with Crippen molar-refractivity contribution in [2.45, 2.75) is 76.7 Å². The van der Waals surface area contributed by atoms with Crippen LogP contribution in [0.15, 0.2) is 12.5 Å². The molecule has 0 aromatic carbocycles. The fraction of sp³-hybridized carbons (Fsp3) is 0.810. The van der Waals surface area contributed by atoms with Crippen LogP contribution in [-0.4, -0.2) is 59.7 Å². The van der Waals surface area contributed by atoms with Gasteiger partial charge >= 0.3 is 0 Å². The number of aldehydes is 1. The van der Waals surface area contributed by atoms with E-state index in [2.05, 4.69) is 34.2 Å². The number of nitrogens with zero attached hydrogens (tertiary/aromatic N) is 2. The fourth-order valence-corrected chi connectivity index (χ4v) is 4.78. The first-order valence-corrected chi connectivity index (χ1v) is 10.7. The Morgan fingerprint density at radius 1 is 1.44 bits per heavy atom. The summed E-state index contributed by atoms with van der Waals surface area (Å²) in [5.74, 6) is 1.43. The van der Waals surface area contributed by atoms with Gasteiger partial charge in [0.15, 0.2) is 0 Å². The fourth-order valence-electron chi connectivity index (χ4n) is 4.78. The van der Waals surface area contributed by atoms with Gasteiger partial charge in [-0.15, -0.1) is 0 Å². The number of aromatic amines is 1. The molecular weight excluding hydrogens is 340 g/mol. The molecule has 0 bridgehead atoms. The average Bonchev–Trinajstić information content (AvgIpc) is 3.21. The molecule has 3 rings (SSSR count). The predicted molar refractivity (Wildman–Crippen MR) is 106 cm³/mol. The number of hydrogen-bond acceptors (Lipinski definition) is 5. The molecule has 5 atom stereocenters. The molecule has 2 heterocycles. The molecule has 1 saturated carbocycles. The SMILES string of the molecule is CCCCN(C)[C@@H]1OC(CN[C@H](C=O)Cc2cnc[nH]2)C[C@H]2CCCC[C@@H]21.